The number of benzene rings is 1. The molecule has 0 aliphatic carbocycles. The molecule has 0 spiro atoms. The van der Waals surface area contributed by atoms with Gasteiger partial charge in [0.25, 0.3) is 0 Å². The second-order valence-electron chi connectivity index (χ2n) is 5.32. The van der Waals surface area contributed by atoms with Crippen molar-refractivity contribution in [2.24, 2.45) is 4.99 Å². The summed E-state index contributed by atoms with van der Waals surface area (Å²) >= 11 is 0. The number of pyridine rings is 1. The molecule has 2 N–H and O–H groups in total. The smallest absolute Gasteiger partial charge is 0.190 e. The summed E-state index contributed by atoms with van der Waals surface area (Å²) in [5.41, 5.74) is 3.17. The van der Waals surface area contributed by atoms with Gasteiger partial charge in [0.15, 0.2) is 5.96 Å². The number of rotatable bonds is 6. The van der Waals surface area contributed by atoms with Crippen molar-refractivity contribution in [2.45, 2.75) is 19.8 Å². The maximum atomic E-state index is 13.1. The molecule has 23 heavy (non-hydrogen) atoms. The van der Waals surface area contributed by atoms with E-state index in [0.29, 0.717) is 0 Å². The molecule has 0 radical (unpaired) electrons. The van der Waals surface area contributed by atoms with Gasteiger partial charge in [-0.3, -0.25) is 9.98 Å². The quantitative estimate of drug-likeness (QED) is 0.636. The molecular formula is C18H23FN4. The summed E-state index contributed by atoms with van der Waals surface area (Å²) in [6.45, 7) is 3.44. The Morgan fingerprint density at radius 3 is 2.57 bits per heavy atom. The van der Waals surface area contributed by atoms with Crippen LogP contribution in [0, 0.1) is 12.7 Å². The zero-order chi connectivity index (χ0) is 16.5. The van der Waals surface area contributed by atoms with Crippen LogP contribution in [0.1, 0.15) is 16.8 Å². The number of guanidine groups is 1. The Balaban J connectivity index is 1.72. The van der Waals surface area contributed by atoms with Gasteiger partial charge in [0, 0.05) is 38.4 Å². The zero-order valence-corrected chi connectivity index (χ0v) is 13.6. The van der Waals surface area contributed by atoms with Gasteiger partial charge in [0.2, 0.25) is 0 Å². The molecule has 0 unspecified atom stereocenters. The van der Waals surface area contributed by atoms with E-state index in [0.717, 1.165) is 48.7 Å². The van der Waals surface area contributed by atoms with Crippen molar-refractivity contribution in [2.75, 3.05) is 20.1 Å². The van der Waals surface area contributed by atoms with Crippen LogP contribution in [-0.2, 0) is 12.8 Å². The number of hydrogen-bond acceptors (Lipinski definition) is 2. The third-order valence-corrected chi connectivity index (χ3v) is 3.61. The molecular weight excluding hydrogens is 291 g/mol. The minimum absolute atomic E-state index is 0.189. The normalized spacial score (nSPS) is 11.3. The maximum Gasteiger partial charge on any atom is 0.190 e. The van der Waals surface area contributed by atoms with E-state index in [-0.39, 0.29) is 5.82 Å². The van der Waals surface area contributed by atoms with Crippen molar-refractivity contribution in [3.63, 3.8) is 0 Å². The van der Waals surface area contributed by atoms with Crippen molar-refractivity contribution in [3.8, 4) is 0 Å². The maximum absolute atomic E-state index is 13.1. The topological polar surface area (TPSA) is 49.3 Å². The average molecular weight is 314 g/mol. The first kappa shape index (κ1) is 16.9. The lowest BCUT2D eigenvalue weighted by molar-refractivity contribution is 0.625. The minimum Gasteiger partial charge on any atom is -0.356 e. The SMILES string of the molecule is CN=C(NCCc1ccccn1)NCCc1ccc(F)cc1C. The molecule has 0 aliphatic rings. The number of halogens is 1. The van der Waals surface area contributed by atoms with Crippen molar-refractivity contribution in [3.05, 3.63) is 65.2 Å². The highest BCUT2D eigenvalue weighted by molar-refractivity contribution is 5.79. The van der Waals surface area contributed by atoms with Crippen LogP contribution in [0.15, 0.2) is 47.6 Å². The third kappa shape index (κ3) is 5.70. The van der Waals surface area contributed by atoms with Crippen LogP contribution in [0.25, 0.3) is 0 Å². The summed E-state index contributed by atoms with van der Waals surface area (Å²) in [4.78, 5) is 8.49. The monoisotopic (exact) mass is 314 g/mol. The van der Waals surface area contributed by atoms with E-state index in [9.17, 15) is 4.39 Å². The number of aliphatic imine (C=N–C) groups is 1. The Hall–Kier alpha value is -2.43. The molecule has 5 heteroatoms. The lowest BCUT2D eigenvalue weighted by Gasteiger charge is -2.12. The summed E-state index contributed by atoms with van der Waals surface area (Å²) in [6.07, 6.45) is 3.47. The Bertz CT molecular complexity index is 641. The molecule has 0 fully saturated rings. The predicted octanol–water partition coefficient (Wildman–Crippen LogP) is 2.48. The summed E-state index contributed by atoms with van der Waals surface area (Å²) in [5.74, 6) is 0.576. The van der Waals surface area contributed by atoms with Gasteiger partial charge in [-0.05, 0) is 48.7 Å². The number of nitrogens with zero attached hydrogens (tertiary/aromatic N) is 2. The fraction of sp³-hybridized carbons (Fsp3) is 0.333. The predicted molar refractivity (Wildman–Crippen MR) is 92.1 cm³/mol. The van der Waals surface area contributed by atoms with E-state index >= 15 is 0 Å². The number of aryl methyl sites for hydroxylation is 1. The molecule has 0 saturated carbocycles. The number of nitrogens with one attached hydrogen (secondary N) is 2. The highest BCUT2D eigenvalue weighted by Crippen LogP contribution is 2.10. The second-order valence-corrected chi connectivity index (χ2v) is 5.32. The van der Waals surface area contributed by atoms with Gasteiger partial charge in [-0.15, -0.1) is 0 Å². The van der Waals surface area contributed by atoms with Gasteiger partial charge in [-0.2, -0.15) is 0 Å². The Morgan fingerprint density at radius 1 is 1.13 bits per heavy atom. The van der Waals surface area contributed by atoms with E-state index in [1.54, 1.807) is 19.3 Å². The number of aromatic nitrogens is 1. The molecule has 0 saturated heterocycles. The van der Waals surface area contributed by atoms with E-state index in [2.05, 4.69) is 20.6 Å². The molecule has 1 aromatic heterocycles. The van der Waals surface area contributed by atoms with Gasteiger partial charge >= 0.3 is 0 Å². The van der Waals surface area contributed by atoms with Gasteiger partial charge in [0.1, 0.15) is 5.82 Å². The van der Waals surface area contributed by atoms with Crippen LogP contribution in [0.2, 0.25) is 0 Å². The molecule has 4 nitrogen and oxygen atoms in total. The summed E-state index contributed by atoms with van der Waals surface area (Å²) in [5, 5.41) is 6.54. The fourth-order valence-corrected chi connectivity index (χ4v) is 2.33. The molecule has 0 amide bonds. The summed E-state index contributed by atoms with van der Waals surface area (Å²) in [7, 11) is 1.75. The van der Waals surface area contributed by atoms with Crippen LogP contribution in [0.3, 0.4) is 0 Å². The first-order valence-corrected chi connectivity index (χ1v) is 7.78. The average Bonchev–Trinajstić information content (AvgIpc) is 2.56. The molecule has 2 rings (SSSR count). The molecule has 1 aromatic carbocycles. The Labute approximate surface area is 136 Å². The van der Waals surface area contributed by atoms with Crippen molar-refractivity contribution < 1.29 is 4.39 Å². The van der Waals surface area contributed by atoms with Crippen molar-refractivity contribution in [1.29, 1.82) is 0 Å². The van der Waals surface area contributed by atoms with Crippen LogP contribution in [0.5, 0.6) is 0 Å². The standard InChI is InChI=1S/C18H23FN4/c1-14-13-16(19)7-6-15(14)8-11-22-18(20-2)23-12-9-17-5-3-4-10-21-17/h3-7,10,13H,8-9,11-12H2,1-2H3,(H2,20,22,23). The minimum atomic E-state index is -0.189. The van der Waals surface area contributed by atoms with Gasteiger partial charge in [0.05, 0.1) is 0 Å². The van der Waals surface area contributed by atoms with E-state index in [1.165, 1.54) is 6.07 Å². The molecule has 0 atom stereocenters. The second kappa shape index (κ2) is 8.88. The molecule has 0 bridgehead atoms. The lowest BCUT2D eigenvalue weighted by Crippen LogP contribution is -2.39. The molecule has 0 aliphatic heterocycles. The van der Waals surface area contributed by atoms with Crippen LogP contribution >= 0.6 is 0 Å². The Morgan fingerprint density at radius 2 is 1.91 bits per heavy atom. The zero-order valence-electron chi connectivity index (χ0n) is 13.6. The highest BCUT2D eigenvalue weighted by Gasteiger charge is 2.02. The Kier molecular flexibility index (Phi) is 6.54. The molecule has 1 heterocycles. The summed E-state index contributed by atoms with van der Waals surface area (Å²) < 4.78 is 13.1. The summed E-state index contributed by atoms with van der Waals surface area (Å²) in [6, 6.07) is 10.8. The van der Waals surface area contributed by atoms with E-state index in [4.69, 9.17) is 0 Å². The van der Waals surface area contributed by atoms with Crippen LogP contribution in [0.4, 0.5) is 4.39 Å². The van der Waals surface area contributed by atoms with E-state index < -0.39 is 0 Å². The van der Waals surface area contributed by atoms with Gasteiger partial charge < -0.3 is 10.6 Å². The fourth-order valence-electron chi connectivity index (χ4n) is 2.33. The molecule has 2 aromatic rings. The third-order valence-electron chi connectivity index (χ3n) is 3.61. The van der Waals surface area contributed by atoms with Crippen molar-refractivity contribution >= 4 is 5.96 Å². The van der Waals surface area contributed by atoms with Gasteiger partial charge in [-0.25, -0.2) is 4.39 Å². The highest BCUT2D eigenvalue weighted by atomic mass is 19.1. The van der Waals surface area contributed by atoms with Gasteiger partial charge in [-0.1, -0.05) is 12.1 Å². The van der Waals surface area contributed by atoms with Crippen LogP contribution < -0.4 is 10.6 Å². The number of hydrogen-bond donors (Lipinski definition) is 2. The largest absolute Gasteiger partial charge is 0.356 e. The van der Waals surface area contributed by atoms with E-state index in [1.807, 2.05) is 31.2 Å². The first-order valence-electron chi connectivity index (χ1n) is 7.78. The lowest BCUT2D eigenvalue weighted by atomic mass is 10.1. The molecule has 122 valence electrons. The first-order chi connectivity index (χ1) is 11.2. The van der Waals surface area contributed by atoms with Crippen LogP contribution in [-0.4, -0.2) is 31.1 Å². The van der Waals surface area contributed by atoms with Crippen molar-refractivity contribution in [1.82, 2.24) is 15.6 Å².